The first-order chi connectivity index (χ1) is 21.2. The fourth-order valence-corrected chi connectivity index (χ4v) is 6.89. The molecule has 0 N–H and O–H groups in total. The van der Waals surface area contributed by atoms with Gasteiger partial charge in [-0.15, -0.1) is 0 Å². The molecule has 0 aliphatic rings. The maximum absolute atomic E-state index is 4.52. The lowest BCUT2D eigenvalue weighted by atomic mass is 9.83. The molecule has 0 heteroatoms. The second-order valence-corrected chi connectivity index (χ2v) is 11.4. The zero-order valence-electron chi connectivity index (χ0n) is 24.1. The molecule has 0 saturated carbocycles. The topological polar surface area (TPSA) is 0 Å². The van der Waals surface area contributed by atoms with Gasteiger partial charge in [-0.1, -0.05) is 152 Å². The smallest absolute Gasteiger partial charge is 0.00201 e. The molecule has 0 aliphatic carbocycles. The Morgan fingerprint density at radius 2 is 0.884 bits per heavy atom. The molecular weight excluding hydrogens is 516 g/mol. The van der Waals surface area contributed by atoms with E-state index in [1.54, 1.807) is 0 Å². The van der Waals surface area contributed by atoms with Gasteiger partial charge in [-0.2, -0.15) is 0 Å². The number of aryl methyl sites for hydroxylation is 1. The lowest BCUT2D eigenvalue weighted by Gasteiger charge is -2.20. The van der Waals surface area contributed by atoms with Gasteiger partial charge in [-0.3, -0.25) is 0 Å². The number of rotatable bonds is 3. The van der Waals surface area contributed by atoms with Crippen molar-refractivity contribution in [2.45, 2.75) is 6.92 Å². The third-order valence-electron chi connectivity index (χ3n) is 8.96. The van der Waals surface area contributed by atoms with Crippen molar-refractivity contribution in [3.8, 4) is 22.3 Å². The van der Waals surface area contributed by atoms with Crippen LogP contribution in [0.1, 0.15) is 11.1 Å². The summed E-state index contributed by atoms with van der Waals surface area (Å²) in [5.74, 6) is 0. The van der Waals surface area contributed by atoms with Crippen molar-refractivity contribution >= 4 is 55.7 Å². The van der Waals surface area contributed by atoms with Gasteiger partial charge < -0.3 is 0 Å². The van der Waals surface area contributed by atoms with E-state index >= 15 is 0 Å². The predicted molar refractivity (Wildman–Crippen MR) is 187 cm³/mol. The first-order valence-corrected chi connectivity index (χ1v) is 14.9. The number of hydrogen-bond acceptors (Lipinski definition) is 0. The Morgan fingerprint density at radius 3 is 1.53 bits per heavy atom. The summed E-state index contributed by atoms with van der Waals surface area (Å²) in [5, 5.41) is 12.2. The molecule has 0 nitrogen and oxygen atoms in total. The van der Waals surface area contributed by atoms with E-state index in [1.807, 2.05) is 0 Å². The highest BCUT2D eigenvalue weighted by Crippen LogP contribution is 2.46. The molecule has 0 aliphatic heterocycles. The molecule has 0 atom stereocenters. The Balaban J connectivity index is 1.49. The largest absolute Gasteiger partial charge is 0.0905 e. The van der Waals surface area contributed by atoms with Crippen molar-refractivity contribution < 1.29 is 0 Å². The number of fused-ring (bicyclic) bond motifs is 4. The summed E-state index contributed by atoms with van der Waals surface area (Å²) in [6.45, 7) is 6.73. The fraction of sp³-hybridized carbons (Fsp3) is 0.0233. The van der Waals surface area contributed by atoms with E-state index in [0.29, 0.717) is 0 Å². The fourth-order valence-electron chi connectivity index (χ4n) is 6.89. The van der Waals surface area contributed by atoms with Crippen LogP contribution in [0.25, 0.3) is 78.0 Å². The average Bonchev–Trinajstić information content (AvgIpc) is 3.06. The minimum absolute atomic E-state index is 1.06. The summed E-state index contributed by atoms with van der Waals surface area (Å²) >= 11 is 0. The zero-order chi connectivity index (χ0) is 28.9. The van der Waals surface area contributed by atoms with Crippen LogP contribution in [0.15, 0.2) is 146 Å². The molecule has 0 saturated heterocycles. The Bertz CT molecular complexity index is 2420. The summed E-state index contributed by atoms with van der Waals surface area (Å²) in [4.78, 5) is 0. The van der Waals surface area contributed by atoms with Crippen LogP contribution in [0.4, 0.5) is 0 Å². The van der Waals surface area contributed by atoms with Gasteiger partial charge in [0.05, 0.1) is 0 Å². The molecule has 0 bridgehead atoms. The van der Waals surface area contributed by atoms with E-state index in [0.717, 1.165) is 10.4 Å². The first-order valence-electron chi connectivity index (χ1n) is 14.9. The molecule has 8 aromatic carbocycles. The predicted octanol–water partition coefficient (Wildman–Crippen LogP) is 10.2. The minimum atomic E-state index is 1.06. The first kappa shape index (κ1) is 25.3. The SMILES string of the molecule is C=c1c(=Cc2c(C)cccc2-c2c3ccccc3c(-c3cccc4ccccc34)c3ccccc23)ccc2ccccc12. The highest BCUT2D eigenvalue weighted by atomic mass is 14.2. The van der Waals surface area contributed by atoms with Crippen LogP contribution in [-0.4, -0.2) is 0 Å². The molecule has 0 spiro atoms. The van der Waals surface area contributed by atoms with Crippen molar-refractivity contribution in [2.24, 2.45) is 0 Å². The molecule has 8 rings (SSSR count). The van der Waals surface area contributed by atoms with Crippen molar-refractivity contribution in [1.29, 1.82) is 0 Å². The zero-order valence-corrected chi connectivity index (χ0v) is 24.1. The van der Waals surface area contributed by atoms with Crippen LogP contribution < -0.4 is 10.4 Å². The maximum atomic E-state index is 4.52. The van der Waals surface area contributed by atoms with Crippen molar-refractivity contribution in [2.75, 3.05) is 0 Å². The lowest BCUT2D eigenvalue weighted by molar-refractivity contribution is 1.43. The van der Waals surface area contributed by atoms with Crippen LogP contribution >= 0.6 is 0 Å². The van der Waals surface area contributed by atoms with Gasteiger partial charge in [0.2, 0.25) is 0 Å². The number of hydrogen-bond donors (Lipinski definition) is 0. The summed E-state index contributed by atoms with van der Waals surface area (Å²) < 4.78 is 0. The highest BCUT2D eigenvalue weighted by molar-refractivity contribution is 6.24. The van der Waals surface area contributed by atoms with Crippen LogP contribution in [0.5, 0.6) is 0 Å². The van der Waals surface area contributed by atoms with Gasteiger partial charge in [-0.25, -0.2) is 0 Å². The Hall–Kier alpha value is -5.46. The third kappa shape index (κ3) is 4.07. The normalized spacial score (nSPS) is 12.1. The molecule has 0 radical (unpaired) electrons. The molecule has 8 aromatic rings. The second-order valence-electron chi connectivity index (χ2n) is 11.4. The maximum Gasteiger partial charge on any atom is -0.00201 e. The third-order valence-corrected chi connectivity index (χ3v) is 8.96. The van der Waals surface area contributed by atoms with Crippen molar-refractivity contribution in [3.05, 3.63) is 167 Å². The highest BCUT2D eigenvalue weighted by Gasteiger charge is 2.19. The molecular formula is C43H30. The second kappa shape index (κ2) is 10.1. The van der Waals surface area contributed by atoms with E-state index in [-0.39, 0.29) is 0 Å². The van der Waals surface area contributed by atoms with Crippen LogP contribution in [0, 0.1) is 6.92 Å². The van der Waals surface area contributed by atoms with Crippen LogP contribution in [0.2, 0.25) is 0 Å². The van der Waals surface area contributed by atoms with E-state index in [2.05, 4.69) is 165 Å². The van der Waals surface area contributed by atoms with E-state index in [9.17, 15) is 0 Å². The Morgan fingerprint density at radius 1 is 0.419 bits per heavy atom. The Labute approximate surface area is 251 Å². The molecule has 0 unspecified atom stereocenters. The monoisotopic (exact) mass is 546 g/mol. The van der Waals surface area contributed by atoms with Crippen LogP contribution in [-0.2, 0) is 0 Å². The van der Waals surface area contributed by atoms with Gasteiger partial charge in [-0.05, 0) is 99.9 Å². The van der Waals surface area contributed by atoms with Gasteiger partial charge in [0.25, 0.3) is 0 Å². The van der Waals surface area contributed by atoms with E-state index < -0.39 is 0 Å². The van der Waals surface area contributed by atoms with E-state index in [4.69, 9.17) is 0 Å². The van der Waals surface area contributed by atoms with Gasteiger partial charge in [0, 0.05) is 0 Å². The van der Waals surface area contributed by atoms with Gasteiger partial charge in [0.15, 0.2) is 0 Å². The summed E-state index contributed by atoms with van der Waals surface area (Å²) in [6.07, 6.45) is 2.33. The summed E-state index contributed by atoms with van der Waals surface area (Å²) in [5.41, 5.74) is 7.55. The van der Waals surface area contributed by atoms with E-state index in [1.165, 1.54) is 76.5 Å². The molecule has 0 fully saturated rings. The molecule has 0 aromatic heterocycles. The molecule has 43 heavy (non-hydrogen) atoms. The van der Waals surface area contributed by atoms with Crippen molar-refractivity contribution in [3.63, 3.8) is 0 Å². The number of benzene rings is 8. The quantitative estimate of drug-likeness (QED) is 0.193. The molecule has 0 amide bonds. The summed E-state index contributed by atoms with van der Waals surface area (Å²) in [7, 11) is 0. The Kier molecular flexibility index (Phi) is 5.94. The van der Waals surface area contributed by atoms with Crippen LogP contribution in [0.3, 0.4) is 0 Å². The van der Waals surface area contributed by atoms with Crippen molar-refractivity contribution in [1.82, 2.24) is 0 Å². The lowest BCUT2D eigenvalue weighted by Crippen LogP contribution is -2.23. The van der Waals surface area contributed by atoms with Gasteiger partial charge >= 0.3 is 0 Å². The summed E-state index contributed by atoms with van der Waals surface area (Å²) in [6, 6.07) is 52.8. The van der Waals surface area contributed by atoms with Gasteiger partial charge in [0.1, 0.15) is 0 Å². The average molecular weight is 547 g/mol. The molecule has 202 valence electrons. The molecule has 0 heterocycles. The standard InChI is InChI=1S/C43H30/c1-28-13-11-23-40(41(28)27-32-26-25-31-15-3-5-17-33(31)29(32)2)43-38-21-9-7-19-36(38)42(37-20-8-10-22-39(37)43)35-24-12-16-30-14-4-6-18-34(30)35/h3-27H,2H2,1H3. The minimum Gasteiger partial charge on any atom is -0.0905 e.